The molecule has 0 saturated carbocycles. The smallest absolute Gasteiger partial charge is 0.405 e. The normalized spacial score (nSPS) is 23.2. The number of nitrogens with one attached hydrogen (secondary N) is 1. The molecule has 0 radical (unpaired) electrons. The zero-order valence-electron chi connectivity index (χ0n) is 11.9. The first kappa shape index (κ1) is 16.4. The number of hydrogen-bond acceptors (Lipinski definition) is 3. The van der Waals surface area contributed by atoms with Gasteiger partial charge in [-0.1, -0.05) is 0 Å². The van der Waals surface area contributed by atoms with Crippen LogP contribution in [-0.4, -0.2) is 32.0 Å². The quantitative estimate of drug-likeness (QED) is 0.877. The average Bonchev–Trinajstić information content (AvgIpc) is 2.39. The molecule has 1 aromatic carbocycles. The summed E-state index contributed by atoms with van der Waals surface area (Å²) in [6.45, 7) is 3.00. The molecular weight excluding hydrogens is 349 g/mol. The van der Waals surface area contributed by atoms with E-state index in [1.165, 1.54) is 6.07 Å². The highest BCUT2D eigenvalue weighted by Gasteiger charge is 2.32. The number of hydrogen-bond donors (Lipinski definition) is 1. The summed E-state index contributed by atoms with van der Waals surface area (Å²) in [6, 6.07) is 5.52. The second-order valence-electron chi connectivity index (χ2n) is 5.21. The van der Waals surface area contributed by atoms with Gasteiger partial charge in [0.05, 0.1) is 4.47 Å². The second-order valence-corrected chi connectivity index (χ2v) is 6.07. The Balaban J connectivity index is 2.13. The molecule has 118 valence electrons. The van der Waals surface area contributed by atoms with E-state index in [4.69, 9.17) is 0 Å². The fourth-order valence-corrected chi connectivity index (χ4v) is 3.14. The number of benzene rings is 1. The van der Waals surface area contributed by atoms with Crippen molar-refractivity contribution in [2.45, 2.75) is 38.2 Å². The lowest BCUT2D eigenvalue weighted by molar-refractivity contribution is -0.274. The summed E-state index contributed by atoms with van der Waals surface area (Å²) >= 11 is 3.15. The number of rotatable bonds is 3. The van der Waals surface area contributed by atoms with Gasteiger partial charge >= 0.3 is 6.36 Å². The minimum atomic E-state index is -4.68. The Kier molecular flexibility index (Phi) is 5.03. The number of alkyl halides is 3. The van der Waals surface area contributed by atoms with E-state index in [1.54, 1.807) is 12.1 Å². The van der Waals surface area contributed by atoms with Crippen molar-refractivity contribution in [2.75, 3.05) is 18.5 Å². The highest BCUT2D eigenvalue weighted by atomic mass is 79.9. The lowest BCUT2D eigenvalue weighted by atomic mass is 9.98. The van der Waals surface area contributed by atoms with Gasteiger partial charge in [-0.2, -0.15) is 0 Å². The molecule has 2 unspecified atom stereocenters. The summed E-state index contributed by atoms with van der Waals surface area (Å²) in [5.74, 6) is -0.219. The van der Waals surface area contributed by atoms with E-state index in [9.17, 15) is 13.2 Å². The van der Waals surface area contributed by atoms with Gasteiger partial charge in [0.2, 0.25) is 0 Å². The summed E-state index contributed by atoms with van der Waals surface area (Å²) in [4.78, 5) is 2.20. The van der Waals surface area contributed by atoms with Gasteiger partial charge in [-0.3, -0.25) is 0 Å². The molecule has 1 heterocycles. The third-order valence-electron chi connectivity index (χ3n) is 3.76. The molecule has 1 N–H and O–H groups in total. The van der Waals surface area contributed by atoms with Crippen molar-refractivity contribution in [1.82, 2.24) is 5.32 Å². The lowest BCUT2D eigenvalue weighted by Gasteiger charge is -2.39. The molecule has 0 aromatic heterocycles. The number of ether oxygens (including phenoxy) is 1. The third-order valence-corrected chi connectivity index (χ3v) is 4.38. The fraction of sp³-hybridized carbons (Fsp3) is 0.571. The number of nitrogens with zero attached hydrogens (tertiary/aromatic N) is 1. The third kappa shape index (κ3) is 4.26. The van der Waals surface area contributed by atoms with Crippen LogP contribution in [-0.2, 0) is 0 Å². The minimum absolute atomic E-state index is 0.219. The van der Waals surface area contributed by atoms with E-state index in [-0.39, 0.29) is 5.75 Å². The molecule has 0 bridgehead atoms. The van der Waals surface area contributed by atoms with E-state index in [1.807, 2.05) is 7.05 Å². The van der Waals surface area contributed by atoms with Gasteiger partial charge in [-0.05, 0) is 60.9 Å². The Morgan fingerprint density at radius 1 is 1.38 bits per heavy atom. The molecule has 2 atom stereocenters. The first-order chi connectivity index (χ1) is 9.80. The molecule has 1 aromatic rings. The molecule has 1 saturated heterocycles. The molecular formula is C14H18BrF3N2O. The maximum atomic E-state index is 12.3. The van der Waals surface area contributed by atoms with Crippen molar-refractivity contribution >= 4 is 21.6 Å². The van der Waals surface area contributed by atoms with Gasteiger partial charge in [0, 0.05) is 24.3 Å². The van der Waals surface area contributed by atoms with Crippen LogP contribution in [0.3, 0.4) is 0 Å². The van der Waals surface area contributed by atoms with Crippen LogP contribution in [0.4, 0.5) is 18.9 Å². The molecule has 21 heavy (non-hydrogen) atoms. The van der Waals surface area contributed by atoms with Crippen molar-refractivity contribution in [1.29, 1.82) is 0 Å². The molecule has 2 rings (SSSR count). The maximum absolute atomic E-state index is 12.3. The molecule has 1 aliphatic rings. The van der Waals surface area contributed by atoms with E-state index >= 15 is 0 Å². The SMILES string of the molecule is CNC1CCN(c2ccc(OC(F)(F)F)c(Br)c2)C(C)C1. The Morgan fingerprint density at radius 3 is 2.62 bits per heavy atom. The predicted molar refractivity (Wildman–Crippen MR) is 79.7 cm³/mol. The van der Waals surface area contributed by atoms with E-state index in [0.717, 1.165) is 25.1 Å². The zero-order valence-corrected chi connectivity index (χ0v) is 13.5. The van der Waals surface area contributed by atoms with Crippen LogP contribution in [0.15, 0.2) is 22.7 Å². The van der Waals surface area contributed by atoms with Gasteiger partial charge in [-0.15, -0.1) is 13.2 Å². The molecule has 1 aliphatic heterocycles. The molecule has 0 spiro atoms. The Labute approximate surface area is 130 Å². The highest BCUT2D eigenvalue weighted by molar-refractivity contribution is 9.10. The summed E-state index contributed by atoms with van der Waals surface area (Å²) < 4.78 is 41.0. The fourth-order valence-electron chi connectivity index (χ4n) is 2.69. The Morgan fingerprint density at radius 2 is 2.10 bits per heavy atom. The molecule has 1 fully saturated rings. The Bertz CT molecular complexity index is 496. The van der Waals surface area contributed by atoms with Crippen LogP contribution in [0.25, 0.3) is 0 Å². The van der Waals surface area contributed by atoms with E-state index in [0.29, 0.717) is 16.6 Å². The summed E-state index contributed by atoms with van der Waals surface area (Å²) in [7, 11) is 1.95. The summed E-state index contributed by atoms with van der Waals surface area (Å²) in [5.41, 5.74) is 0.901. The molecule has 0 aliphatic carbocycles. The van der Waals surface area contributed by atoms with Gasteiger partial charge < -0.3 is 15.0 Å². The average molecular weight is 367 g/mol. The van der Waals surface area contributed by atoms with E-state index < -0.39 is 6.36 Å². The van der Waals surface area contributed by atoms with Crippen LogP contribution >= 0.6 is 15.9 Å². The van der Waals surface area contributed by atoms with Crippen LogP contribution < -0.4 is 15.0 Å². The minimum Gasteiger partial charge on any atom is -0.405 e. The zero-order chi connectivity index (χ0) is 15.6. The van der Waals surface area contributed by atoms with Crippen LogP contribution in [0, 0.1) is 0 Å². The van der Waals surface area contributed by atoms with Crippen LogP contribution in [0.1, 0.15) is 19.8 Å². The highest BCUT2D eigenvalue weighted by Crippen LogP contribution is 2.35. The van der Waals surface area contributed by atoms with Crippen molar-refractivity contribution in [2.24, 2.45) is 0 Å². The van der Waals surface area contributed by atoms with Gasteiger partial charge in [-0.25, -0.2) is 0 Å². The van der Waals surface area contributed by atoms with Crippen molar-refractivity contribution in [3.05, 3.63) is 22.7 Å². The van der Waals surface area contributed by atoms with Crippen LogP contribution in [0.5, 0.6) is 5.75 Å². The monoisotopic (exact) mass is 366 g/mol. The first-order valence-electron chi connectivity index (χ1n) is 6.79. The first-order valence-corrected chi connectivity index (χ1v) is 7.58. The van der Waals surface area contributed by atoms with Gasteiger partial charge in [0.1, 0.15) is 5.75 Å². The Hall–Kier alpha value is -0.950. The number of halogens is 4. The van der Waals surface area contributed by atoms with Crippen molar-refractivity contribution in [3.8, 4) is 5.75 Å². The predicted octanol–water partition coefficient (Wildman–Crippen LogP) is 3.92. The second kappa shape index (κ2) is 6.44. The lowest BCUT2D eigenvalue weighted by Crippen LogP contribution is -2.46. The number of anilines is 1. The molecule has 3 nitrogen and oxygen atoms in total. The number of piperidine rings is 1. The summed E-state index contributed by atoms with van der Waals surface area (Å²) in [6.07, 6.45) is -2.66. The topological polar surface area (TPSA) is 24.5 Å². The summed E-state index contributed by atoms with van der Waals surface area (Å²) in [5, 5.41) is 3.27. The van der Waals surface area contributed by atoms with Crippen molar-refractivity contribution < 1.29 is 17.9 Å². The van der Waals surface area contributed by atoms with Gasteiger partial charge in [0.15, 0.2) is 0 Å². The molecule has 0 amide bonds. The molecule has 7 heteroatoms. The maximum Gasteiger partial charge on any atom is 0.573 e. The van der Waals surface area contributed by atoms with Gasteiger partial charge in [0.25, 0.3) is 0 Å². The van der Waals surface area contributed by atoms with Crippen molar-refractivity contribution in [3.63, 3.8) is 0 Å². The van der Waals surface area contributed by atoms with E-state index in [2.05, 4.69) is 37.8 Å². The standard InChI is InChI=1S/C14H18BrF3N2O/c1-9-7-10(19-2)5-6-20(9)11-3-4-13(12(15)8-11)21-14(16,17)18/h3-4,8-10,19H,5-7H2,1-2H3. The van der Waals surface area contributed by atoms with Crippen LogP contribution in [0.2, 0.25) is 0 Å². The largest absolute Gasteiger partial charge is 0.573 e.